The van der Waals surface area contributed by atoms with E-state index < -0.39 is 0 Å². The molecule has 1 heterocycles. The van der Waals surface area contributed by atoms with Gasteiger partial charge in [-0.15, -0.1) is 0 Å². The fraction of sp³-hybridized carbons (Fsp3) is 0.500. The Labute approximate surface area is 122 Å². The van der Waals surface area contributed by atoms with Crippen molar-refractivity contribution in [2.75, 3.05) is 12.3 Å². The number of nitrogens with zero attached hydrogens (tertiary/aromatic N) is 1. The third-order valence-electron chi connectivity index (χ3n) is 3.14. The summed E-state index contributed by atoms with van der Waals surface area (Å²) in [6, 6.07) is 1.35. The van der Waals surface area contributed by atoms with E-state index in [1.807, 2.05) is 0 Å². The summed E-state index contributed by atoms with van der Waals surface area (Å²) in [5.41, 5.74) is 1.26. The molecule has 1 aliphatic rings. The number of allylic oxidation sites excluding steroid dienone is 1. The molecule has 0 aromatic carbocycles. The van der Waals surface area contributed by atoms with Crippen molar-refractivity contribution < 1.29 is 4.79 Å². The second-order valence-corrected chi connectivity index (χ2v) is 5.70. The SMILES string of the molecule is O=C(CSc1nccc(=O)[nH]1)NCCC1=CCCCC1. The Morgan fingerprint density at radius 2 is 2.35 bits per heavy atom. The number of aromatic nitrogens is 2. The zero-order valence-corrected chi connectivity index (χ0v) is 12.2. The number of H-pyrrole nitrogens is 1. The molecule has 0 fully saturated rings. The van der Waals surface area contributed by atoms with E-state index in [9.17, 15) is 9.59 Å². The third-order valence-corrected chi connectivity index (χ3v) is 4.03. The number of rotatable bonds is 6. The van der Waals surface area contributed by atoms with Crippen LogP contribution in [-0.4, -0.2) is 28.2 Å². The molecule has 2 N–H and O–H groups in total. The van der Waals surface area contributed by atoms with Crippen molar-refractivity contribution in [3.05, 3.63) is 34.3 Å². The van der Waals surface area contributed by atoms with E-state index in [0.717, 1.165) is 6.42 Å². The highest BCUT2D eigenvalue weighted by Crippen LogP contribution is 2.19. The minimum atomic E-state index is -0.202. The first-order valence-corrected chi connectivity index (χ1v) is 7.85. The molecule has 0 unspecified atom stereocenters. The number of amides is 1. The van der Waals surface area contributed by atoms with Crippen molar-refractivity contribution >= 4 is 17.7 Å². The Bertz CT molecular complexity index is 539. The Morgan fingerprint density at radius 3 is 3.10 bits per heavy atom. The number of carbonyl (C=O) groups excluding carboxylic acids is 1. The molecule has 1 aromatic rings. The van der Waals surface area contributed by atoms with Crippen LogP contribution in [0, 0.1) is 0 Å². The Hall–Kier alpha value is -1.56. The summed E-state index contributed by atoms with van der Waals surface area (Å²) in [6.45, 7) is 0.684. The van der Waals surface area contributed by atoms with Crippen molar-refractivity contribution in [2.45, 2.75) is 37.3 Å². The maximum atomic E-state index is 11.7. The van der Waals surface area contributed by atoms with Crippen molar-refractivity contribution in [1.82, 2.24) is 15.3 Å². The highest BCUT2D eigenvalue weighted by Gasteiger charge is 2.06. The van der Waals surface area contributed by atoms with Crippen LogP contribution in [0.1, 0.15) is 32.1 Å². The second kappa shape index (κ2) is 7.89. The summed E-state index contributed by atoms with van der Waals surface area (Å²) < 4.78 is 0. The molecular weight excluding hydrogens is 274 g/mol. The summed E-state index contributed by atoms with van der Waals surface area (Å²) in [7, 11) is 0. The van der Waals surface area contributed by atoms with Crippen molar-refractivity contribution in [3.8, 4) is 0 Å². The molecule has 108 valence electrons. The predicted octanol–water partition coefficient (Wildman–Crippen LogP) is 1.87. The quantitative estimate of drug-likeness (QED) is 0.477. The van der Waals surface area contributed by atoms with Gasteiger partial charge >= 0.3 is 0 Å². The van der Waals surface area contributed by atoms with E-state index >= 15 is 0 Å². The zero-order valence-electron chi connectivity index (χ0n) is 11.4. The van der Waals surface area contributed by atoms with Crippen molar-refractivity contribution in [3.63, 3.8) is 0 Å². The van der Waals surface area contributed by atoms with Crippen LogP contribution in [0.5, 0.6) is 0 Å². The van der Waals surface area contributed by atoms with Gasteiger partial charge in [-0.2, -0.15) is 0 Å². The first kappa shape index (κ1) is 14.8. The van der Waals surface area contributed by atoms with E-state index in [1.54, 1.807) is 0 Å². The molecule has 0 atom stereocenters. The lowest BCUT2D eigenvalue weighted by Gasteiger charge is -2.12. The minimum absolute atomic E-state index is 0.0297. The topological polar surface area (TPSA) is 74.8 Å². The smallest absolute Gasteiger partial charge is 0.251 e. The monoisotopic (exact) mass is 293 g/mol. The average Bonchev–Trinajstić information content (AvgIpc) is 2.46. The van der Waals surface area contributed by atoms with E-state index in [4.69, 9.17) is 0 Å². The highest BCUT2D eigenvalue weighted by atomic mass is 32.2. The highest BCUT2D eigenvalue weighted by molar-refractivity contribution is 7.99. The van der Waals surface area contributed by atoms with Crippen molar-refractivity contribution in [1.29, 1.82) is 0 Å². The Balaban J connectivity index is 1.65. The third kappa shape index (κ3) is 5.21. The number of hydrogen-bond acceptors (Lipinski definition) is 4. The van der Waals surface area contributed by atoms with Crippen LogP contribution in [0.2, 0.25) is 0 Å². The fourth-order valence-corrected chi connectivity index (χ4v) is 2.78. The lowest BCUT2D eigenvalue weighted by atomic mass is 9.97. The molecule has 0 radical (unpaired) electrons. The van der Waals surface area contributed by atoms with Crippen LogP contribution < -0.4 is 10.9 Å². The second-order valence-electron chi connectivity index (χ2n) is 4.74. The summed E-state index contributed by atoms with van der Waals surface area (Å²) in [6.07, 6.45) is 9.57. The number of nitrogens with one attached hydrogen (secondary N) is 2. The number of carbonyl (C=O) groups is 1. The normalized spacial score (nSPS) is 14.7. The summed E-state index contributed by atoms with van der Waals surface area (Å²) >= 11 is 1.24. The largest absolute Gasteiger partial charge is 0.355 e. The number of aromatic amines is 1. The van der Waals surface area contributed by atoms with Gasteiger partial charge in [0.1, 0.15) is 0 Å². The molecule has 1 aliphatic carbocycles. The minimum Gasteiger partial charge on any atom is -0.355 e. The standard InChI is InChI=1S/C14H19N3O2S/c18-12-7-9-16-14(17-12)20-10-13(19)15-8-6-11-4-2-1-3-5-11/h4,7,9H,1-3,5-6,8,10H2,(H,15,19)(H,16,17,18). The molecule has 0 saturated heterocycles. The van der Waals surface area contributed by atoms with Gasteiger partial charge in [0.25, 0.3) is 5.56 Å². The van der Waals surface area contributed by atoms with Crippen molar-refractivity contribution in [2.24, 2.45) is 0 Å². The van der Waals surface area contributed by atoms with Crippen LogP contribution in [0.3, 0.4) is 0 Å². The molecule has 1 aromatic heterocycles. The van der Waals surface area contributed by atoms with Gasteiger partial charge in [0.2, 0.25) is 5.91 Å². The molecule has 0 saturated carbocycles. The molecule has 20 heavy (non-hydrogen) atoms. The molecule has 1 amide bonds. The lowest BCUT2D eigenvalue weighted by Crippen LogP contribution is -2.26. The molecule has 6 heteroatoms. The van der Waals surface area contributed by atoms with E-state index in [1.165, 1.54) is 55.3 Å². The van der Waals surface area contributed by atoms with Gasteiger partial charge in [-0.05, 0) is 32.1 Å². The Morgan fingerprint density at radius 1 is 1.45 bits per heavy atom. The van der Waals surface area contributed by atoms with Gasteiger partial charge in [-0.3, -0.25) is 9.59 Å². The van der Waals surface area contributed by atoms with E-state index in [2.05, 4.69) is 21.4 Å². The van der Waals surface area contributed by atoms with Gasteiger partial charge in [-0.1, -0.05) is 23.4 Å². The van der Waals surface area contributed by atoms with Crippen LogP contribution in [0.25, 0.3) is 0 Å². The predicted molar refractivity (Wildman–Crippen MR) is 79.8 cm³/mol. The van der Waals surface area contributed by atoms with Gasteiger partial charge in [0.15, 0.2) is 5.16 Å². The number of hydrogen-bond donors (Lipinski definition) is 2. The molecule has 0 spiro atoms. The first-order valence-electron chi connectivity index (χ1n) is 6.87. The zero-order chi connectivity index (χ0) is 14.2. The lowest BCUT2D eigenvalue weighted by molar-refractivity contribution is -0.118. The van der Waals surface area contributed by atoms with Gasteiger partial charge in [-0.25, -0.2) is 4.98 Å². The molecule has 5 nitrogen and oxygen atoms in total. The summed E-state index contributed by atoms with van der Waals surface area (Å²) in [4.78, 5) is 29.3. The van der Waals surface area contributed by atoms with Gasteiger partial charge < -0.3 is 10.3 Å². The van der Waals surface area contributed by atoms with Crippen LogP contribution in [-0.2, 0) is 4.79 Å². The first-order chi connectivity index (χ1) is 9.74. The summed E-state index contributed by atoms with van der Waals surface area (Å²) in [5, 5.41) is 3.37. The van der Waals surface area contributed by atoms with Crippen LogP contribution in [0.15, 0.2) is 33.9 Å². The molecule has 2 rings (SSSR count). The number of thioether (sulfide) groups is 1. The van der Waals surface area contributed by atoms with E-state index in [0.29, 0.717) is 11.7 Å². The average molecular weight is 293 g/mol. The van der Waals surface area contributed by atoms with Gasteiger partial charge in [0, 0.05) is 18.8 Å². The molecule has 0 bridgehead atoms. The maximum Gasteiger partial charge on any atom is 0.251 e. The van der Waals surface area contributed by atoms with E-state index in [-0.39, 0.29) is 17.2 Å². The molecular formula is C14H19N3O2S. The van der Waals surface area contributed by atoms with Crippen LogP contribution >= 0.6 is 11.8 Å². The Kier molecular flexibility index (Phi) is 5.86. The van der Waals surface area contributed by atoms with Crippen LogP contribution in [0.4, 0.5) is 0 Å². The summed E-state index contributed by atoms with van der Waals surface area (Å²) in [5.74, 6) is 0.240. The maximum absolute atomic E-state index is 11.7. The fourth-order valence-electron chi connectivity index (χ4n) is 2.10. The van der Waals surface area contributed by atoms with Gasteiger partial charge in [0.05, 0.1) is 5.75 Å². The molecule has 0 aliphatic heterocycles.